The number of rotatable bonds is 7. The Kier molecular flexibility index (Phi) is 7.76. The molecule has 0 bridgehead atoms. The first-order valence-corrected chi connectivity index (χ1v) is 11.7. The highest BCUT2D eigenvalue weighted by molar-refractivity contribution is 5.25. The quantitative estimate of drug-likeness (QED) is 0.756. The average Bonchev–Trinajstić information content (AvgIpc) is 2.97. The van der Waals surface area contributed by atoms with E-state index in [2.05, 4.69) is 60.9 Å². The lowest BCUT2D eigenvalue weighted by atomic mass is 9.97. The molecule has 0 saturated carbocycles. The molecule has 6 nitrogen and oxygen atoms in total. The molecular weight excluding hydrogens is 362 g/mol. The third kappa shape index (κ3) is 5.22. The Labute approximate surface area is 177 Å². The molecule has 0 spiro atoms. The summed E-state index contributed by atoms with van der Waals surface area (Å²) in [7, 11) is 0. The summed E-state index contributed by atoms with van der Waals surface area (Å²) in [4.78, 5) is 7.91. The van der Waals surface area contributed by atoms with E-state index in [1.54, 1.807) is 0 Å². The van der Waals surface area contributed by atoms with E-state index in [0.29, 0.717) is 24.2 Å². The fourth-order valence-electron chi connectivity index (χ4n) is 5.35. The van der Waals surface area contributed by atoms with Crippen molar-refractivity contribution in [2.24, 2.45) is 0 Å². The summed E-state index contributed by atoms with van der Waals surface area (Å²) < 4.78 is 2.16. The summed E-state index contributed by atoms with van der Waals surface area (Å²) in [6.45, 7) is 20.3. The zero-order valence-corrected chi connectivity index (χ0v) is 19.6. The highest BCUT2D eigenvalue weighted by Crippen LogP contribution is 2.26. The maximum atomic E-state index is 9.71. The van der Waals surface area contributed by atoms with Crippen LogP contribution in [0.1, 0.15) is 70.0 Å². The highest BCUT2D eigenvalue weighted by Gasteiger charge is 2.34. The van der Waals surface area contributed by atoms with E-state index in [1.165, 1.54) is 42.9 Å². The lowest BCUT2D eigenvalue weighted by molar-refractivity contribution is -0.000135. The number of aliphatic hydroxyl groups is 1. The number of hydrogen-bond donors (Lipinski definition) is 1. The van der Waals surface area contributed by atoms with E-state index in [9.17, 15) is 5.11 Å². The second-order valence-electron chi connectivity index (χ2n) is 9.69. The topological polar surface area (TPSA) is 47.8 Å². The van der Waals surface area contributed by atoms with Crippen molar-refractivity contribution in [1.29, 1.82) is 0 Å². The van der Waals surface area contributed by atoms with Crippen LogP contribution in [0.4, 0.5) is 0 Å². The van der Waals surface area contributed by atoms with Gasteiger partial charge in [-0.2, -0.15) is 5.10 Å². The molecule has 3 rings (SSSR count). The lowest BCUT2D eigenvalue weighted by Crippen LogP contribution is -2.58. The van der Waals surface area contributed by atoms with Crippen LogP contribution in [-0.4, -0.2) is 87.0 Å². The van der Waals surface area contributed by atoms with E-state index in [0.717, 1.165) is 32.6 Å². The lowest BCUT2D eigenvalue weighted by Gasteiger charge is -2.48. The molecule has 2 aliphatic heterocycles. The first kappa shape index (κ1) is 22.7. The molecule has 1 atom stereocenters. The third-order valence-electron chi connectivity index (χ3n) is 7.12. The van der Waals surface area contributed by atoms with Gasteiger partial charge in [-0.15, -0.1) is 0 Å². The number of piperazine rings is 1. The highest BCUT2D eigenvalue weighted by atomic mass is 16.3. The number of aromatic nitrogens is 2. The predicted molar refractivity (Wildman–Crippen MR) is 119 cm³/mol. The number of aliphatic hydroxyl groups excluding tert-OH is 1. The van der Waals surface area contributed by atoms with Crippen molar-refractivity contribution in [3.63, 3.8) is 0 Å². The summed E-state index contributed by atoms with van der Waals surface area (Å²) in [5.74, 6) is 0. The number of nitrogens with zero attached hydrogens (tertiary/aromatic N) is 5. The minimum atomic E-state index is 0.281. The van der Waals surface area contributed by atoms with Gasteiger partial charge >= 0.3 is 0 Å². The first-order valence-electron chi connectivity index (χ1n) is 11.7. The van der Waals surface area contributed by atoms with Gasteiger partial charge < -0.3 is 10.0 Å². The molecule has 2 saturated heterocycles. The van der Waals surface area contributed by atoms with Crippen molar-refractivity contribution in [1.82, 2.24) is 24.5 Å². The first-order chi connectivity index (χ1) is 13.8. The van der Waals surface area contributed by atoms with Gasteiger partial charge in [-0.1, -0.05) is 0 Å². The van der Waals surface area contributed by atoms with E-state index in [-0.39, 0.29) is 6.61 Å². The average molecular weight is 406 g/mol. The summed E-state index contributed by atoms with van der Waals surface area (Å²) >= 11 is 0. The smallest absolute Gasteiger partial charge is 0.0641 e. The molecule has 0 aromatic carbocycles. The maximum Gasteiger partial charge on any atom is 0.0641 e. The molecule has 0 aliphatic carbocycles. The molecule has 2 aliphatic rings. The van der Waals surface area contributed by atoms with Crippen LogP contribution < -0.4 is 0 Å². The molecule has 166 valence electrons. The molecule has 0 radical (unpaired) electrons. The van der Waals surface area contributed by atoms with Crippen molar-refractivity contribution < 1.29 is 5.11 Å². The van der Waals surface area contributed by atoms with Crippen LogP contribution >= 0.6 is 0 Å². The van der Waals surface area contributed by atoms with E-state index in [4.69, 9.17) is 5.10 Å². The molecule has 0 unspecified atom stereocenters. The zero-order valence-electron chi connectivity index (χ0n) is 19.6. The fraction of sp³-hybridized carbons (Fsp3) is 0.870. The second-order valence-corrected chi connectivity index (χ2v) is 9.69. The fourth-order valence-corrected chi connectivity index (χ4v) is 5.35. The molecule has 0 amide bonds. The molecule has 2 fully saturated rings. The summed E-state index contributed by atoms with van der Waals surface area (Å²) in [6.07, 6.45) is 3.41. The minimum Gasteiger partial charge on any atom is -0.396 e. The Morgan fingerprint density at radius 1 is 1.00 bits per heavy atom. The molecule has 1 aromatic rings. The molecule has 1 aromatic heterocycles. The van der Waals surface area contributed by atoms with Gasteiger partial charge in [0.25, 0.3) is 0 Å². The van der Waals surface area contributed by atoms with Gasteiger partial charge in [-0.3, -0.25) is 14.5 Å². The number of hydrogen-bond acceptors (Lipinski definition) is 5. The Morgan fingerprint density at radius 2 is 1.69 bits per heavy atom. The van der Waals surface area contributed by atoms with Crippen LogP contribution in [0.25, 0.3) is 0 Å². The van der Waals surface area contributed by atoms with Gasteiger partial charge in [0.1, 0.15) is 0 Å². The third-order valence-corrected chi connectivity index (χ3v) is 7.12. The van der Waals surface area contributed by atoms with Gasteiger partial charge in [-0.25, -0.2) is 0 Å². The van der Waals surface area contributed by atoms with Gasteiger partial charge in [0.05, 0.1) is 5.69 Å². The maximum absolute atomic E-state index is 9.71. The number of aryl methyl sites for hydroxylation is 1. The molecule has 3 heterocycles. The van der Waals surface area contributed by atoms with Crippen LogP contribution in [0, 0.1) is 13.8 Å². The Balaban J connectivity index is 1.63. The Bertz CT molecular complexity index is 648. The van der Waals surface area contributed by atoms with Crippen molar-refractivity contribution in [3.8, 4) is 0 Å². The number of piperidine rings is 1. The van der Waals surface area contributed by atoms with Gasteiger partial charge in [0.15, 0.2) is 0 Å². The van der Waals surface area contributed by atoms with Crippen molar-refractivity contribution >= 4 is 0 Å². The van der Waals surface area contributed by atoms with Gasteiger partial charge in [0.2, 0.25) is 0 Å². The van der Waals surface area contributed by atoms with Gasteiger partial charge in [0, 0.05) is 68.2 Å². The normalized spacial score (nSPS) is 23.6. The standard InChI is InChI=1S/C23H43N5O/c1-17(2)26-10-7-21(8-11-26)27-13-12-25(15-22(27)9-14-29)16-23-19(5)24-28(18(3)4)20(23)6/h17-18,21-22,29H,7-16H2,1-6H3/t22-/m1/s1. The van der Waals surface area contributed by atoms with E-state index < -0.39 is 0 Å². The monoisotopic (exact) mass is 405 g/mol. The number of likely N-dealkylation sites (tertiary alicyclic amines) is 1. The van der Waals surface area contributed by atoms with Crippen LogP contribution in [0.15, 0.2) is 0 Å². The van der Waals surface area contributed by atoms with Crippen molar-refractivity contribution in [2.45, 2.75) is 91.5 Å². The van der Waals surface area contributed by atoms with E-state index in [1.807, 2.05) is 0 Å². The summed E-state index contributed by atoms with van der Waals surface area (Å²) in [6, 6.07) is 2.19. The van der Waals surface area contributed by atoms with Crippen molar-refractivity contribution in [3.05, 3.63) is 17.0 Å². The second kappa shape index (κ2) is 9.90. The van der Waals surface area contributed by atoms with Crippen LogP contribution in [-0.2, 0) is 6.54 Å². The van der Waals surface area contributed by atoms with E-state index >= 15 is 0 Å². The minimum absolute atomic E-state index is 0.281. The SMILES string of the molecule is Cc1nn(C(C)C)c(C)c1CN1CCN(C2CCN(C(C)C)CC2)[C@H](CCO)C1. The largest absolute Gasteiger partial charge is 0.396 e. The molecule has 29 heavy (non-hydrogen) atoms. The molecule has 1 N–H and O–H groups in total. The Morgan fingerprint density at radius 3 is 2.24 bits per heavy atom. The predicted octanol–water partition coefficient (Wildman–Crippen LogP) is 2.82. The van der Waals surface area contributed by atoms with Gasteiger partial charge in [-0.05, 0) is 73.9 Å². The van der Waals surface area contributed by atoms with Crippen molar-refractivity contribution in [2.75, 3.05) is 39.3 Å². The zero-order chi connectivity index (χ0) is 21.1. The molecular formula is C23H43N5O. The van der Waals surface area contributed by atoms with Crippen LogP contribution in [0.5, 0.6) is 0 Å². The molecule has 6 heteroatoms. The van der Waals surface area contributed by atoms with Crippen LogP contribution in [0.3, 0.4) is 0 Å². The van der Waals surface area contributed by atoms with Crippen LogP contribution in [0.2, 0.25) is 0 Å². The summed E-state index contributed by atoms with van der Waals surface area (Å²) in [5.41, 5.74) is 3.86. The summed E-state index contributed by atoms with van der Waals surface area (Å²) in [5, 5.41) is 14.5. The Hall–Kier alpha value is -0.950.